The first-order valence-electron chi connectivity index (χ1n) is 2.73. The molecular formula is C5H12MgO5. The molecule has 0 aromatic carbocycles. The van der Waals surface area contributed by atoms with Gasteiger partial charge in [0, 0.05) is 0 Å². The van der Waals surface area contributed by atoms with Crippen LogP contribution in [-0.2, 0) is 4.79 Å². The zero-order chi connectivity index (χ0) is 8.15. The molecule has 0 aliphatic rings. The van der Waals surface area contributed by atoms with Gasteiger partial charge < -0.3 is 28.1 Å². The van der Waals surface area contributed by atoms with Crippen molar-refractivity contribution in [1.82, 2.24) is 0 Å². The van der Waals surface area contributed by atoms with E-state index in [-0.39, 0.29) is 32.2 Å². The second-order valence-corrected chi connectivity index (χ2v) is 1.87. The van der Waals surface area contributed by atoms with Gasteiger partial charge in [0.15, 0.2) is 6.29 Å². The van der Waals surface area contributed by atoms with E-state index < -0.39 is 24.9 Å². The van der Waals surface area contributed by atoms with E-state index in [1.165, 1.54) is 0 Å². The van der Waals surface area contributed by atoms with E-state index in [0.29, 0.717) is 0 Å². The molecule has 0 aromatic rings. The van der Waals surface area contributed by atoms with E-state index in [1.807, 2.05) is 0 Å². The molecule has 0 fully saturated rings. The summed E-state index contributed by atoms with van der Waals surface area (Å²) in [5.41, 5.74) is 0. The van der Waals surface area contributed by atoms with Gasteiger partial charge in [-0.1, -0.05) is 0 Å². The summed E-state index contributed by atoms with van der Waals surface area (Å²) >= 11 is 0. The fourth-order valence-corrected chi connectivity index (χ4v) is 0.416. The van der Waals surface area contributed by atoms with Crippen molar-refractivity contribution in [3.8, 4) is 0 Å². The molecule has 3 unspecified atom stereocenters. The Kier molecular flexibility index (Phi) is 8.75. The van der Waals surface area contributed by atoms with Crippen molar-refractivity contribution in [2.45, 2.75) is 18.3 Å². The van der Waals surface area contributed by atoms with Crippen LogP contribution in [0.15, 0.2) is 0 Å². The Morgan fingerprint density at radius 3 is 2.09 bits per heavy atom. The van der Waals surface area contributed by atoms with Crippen LogP contribution in [-0.4, -0.2) is 74.7 Å². The molecule has 0 saturated heterocycles. The molecule has 0 bridgehead atoms. The van der Waals surface area contributed by atoms with Gasteiger partial charge in [-0.2, -0.15) is 0 Å². The van der Waals surface area contributed by atoms with Crippen LogP contribution in [0.3, 0.4) is 0 Å². The van der Waals surface area contributed by atoms with Crippen molar-refractivity contribution in [3.05, 3.63) is 0 Å². The molecule has 0 radical (unpaired) electrons. The van der Waals surface area contributed by atoms with Crippen LogP contribution >= 0.6 is 0 Å². The summed E-state index contributed by atoms with van der Waals surface area (Å²) in [6.45, 7) is -0.688. The van der Waals surface area contributed by atoms with E-state index in [9.17, 15) is 4.79 Å². The predicted octanol–water partition coefficient (Wildman–Crippen LogP) is -2.90. The Bertz CT molecular complexity index is 117. The van der Waals surface area contributed by atoms with E-state index in [0.717, 1.165) is 0 Å². The number of carbonyl (C=O) groups is 1. The van der Waals surface area contributed by atoms with Crippen LogP contribution in [0.2, 0.25) is 0 Å². The second kappa shape index (κ2) is 6.95. The van der Waals surface area contributed by atoms with Crippen molar-refractivity contribution in [2.75, 3.05) is 6.61 Å². The first-order valence-corrected chi connectivity index (χ1v) is 2.73. The van der Waals surface area contributed by atoms with Crippen LogP contribution in [0.4, 0.5) is 0 Å². The molecule has 0 saturated carbocycles. The summed E-state index contributed by atoms with van der Waals surface area (Å²) in [5, 5.41) is 34.1. The summed E-state index contributed by atoms with van der Waals surface area (Å²) in [6, 6.07) is 0. The third-order valence-electron chi connectivity index (χ3n) is 1.07. The second-order valence-electron chi connectivity index (χ2n) is 1.87. The molecule has 0 spiro atoms. The van der Waals surface area contributed by atoms with Gasteiger partial charge in [0.2, 0.25) is 0 Å². The van der Waals surface area contributed by atoms with Crippen molar-refractivity contribution in [1.29, 1.82) is 0 Å². The molecule has 0 aromatic heterocycles. The SMILES string of the molecule is O=CC(O)C(O)C(O)CO.[H-].[H-].[Mg+2]. The predicted molar refractivity (Wildman–Crippen MR) is 39.1 cm³/mol. The number of rotatable bonds is 4. The molecule has 11 heavy (non-hydrogen) atoms. The molecule has 0 amide bonds. The van der Waals surface area contributed by atoms with Crippen LogP contribution in [0.25, 0.3) is 0 Å². The Morgan fingerprint density at radius 2 is 1.82 bits per heavy atom. The Hall–Kier alpha value is 0.276. The third-order valence-corrected chi connectivity index (χ3v) is 1.07. The van der Waals surface area contributed by atoms with Crippen LogP contribution < -0.4 is 0 Å². The number of aldehydes is 1. The molecule has 0 aliphatic heterocycles. The molecule has 0 heterocycles. The maximum atomic E-state index is 9.76. The van der Waals surface area contributed by atoms with E-state index in [4.69, 9.17) is 20.4 Å². The van der Waals surface area contributed by atoms with Crippen molar-refractivity contribution in [2.24, 2.45) is 0 Å². The average Bonchev–Trinajstić information content (AvgIpc) is 2.00. The molecule has 5 nitrogen and oxygen atoms in total. The smallest absolute Gasteiger partial charge is 1.00 e. The fourth-order valence-electron chi connectivity index (χ4n) is 0.416. The van der Waals surface area contributed by atoms with Gasteiger partial charge >= 0.3 is 23.1 Å². The standard InChI is InChI=1S/C5H10O5.Mg.2H/c6-1-3(8)5(10)4(9)2-7;;;/h1,3-5,7-10H,2H2;;;/q;+2;2*-1. The fraction of sp³-hybridized carbons (Fsp3) is 0.800. The normalized spacial score (nSPS) is 17.8. The van der Waals surface area contributed by atoms with Crippen LogP contribution in [0.1, 0.15) is 2.85 Å². The first kappa shape index (κ1) is 13.8. The monoisotopic (exact) mass is 176 g/mol. The van der Waals surface area contributed by atoms with Gasteiger partial charge in [0.25, 0.3) is 0 Å². The zero-order valence-corrected chi connectivity index (χ0v) is 7.33. The summed E-state index contributed by atoms with van der Waals surface area (Å²) in [7, 11) is 0. The van der Waals surface area contributed by atoms with E-state index in [2.05, 4.69) is 0 Å². The van der Waals surface area contributed by atoms with E-state index in [1.54, 1.807) is 0 Å². The number of aliphatic hydroxyl groups excluding tert-OH is 4. The molecule has 0 aliphatic carbocycles. The molecule has 6 heteroatoms. The van der Waals surface area contributed by atoms with Crippen LogP contribution in [0, 0.1) is 0 Å². The molecular weight excluding hydrogens is 164 g/mol. The maximum absolute atomic E-state index is 9.76. The average molecular weight is 176 g/mol. The van der Waals surface area contributed by atoms with Gasteiger partial charge in [0.1, 0.15) is 18.3 Å². The number of hydrogen-bond donors (Lipinski definition) is 4. The van der Waals surface area contributed by atoms with Crippen molar-refractivity contribution >= 4 is 29.3 Å². The molecule has 0 rings (SSSR count). The number of carbonyl (C=O) groups excluding carboxylic acids is 1. The summed E-state index contributed by atoms with van der Waals surface area (Å²) in [4.78, 5) is 9.76. The first-order chi connectivity index (χ1) is 4.63. The Morgan fingerprint density at radius 1 is 1.36 bits per heavy atom. The number of hydrogen-bond acceptors (Lipinski definition) is 5. The molecule has 64 valence electrons. The van der Waals surface area contributed by atoms with Crippen molar-refractivity contribution in [3.63, 3.8) is 0 Å². The Labute approximate surface area is 82.8 Å². The van der Waals surface area contributed by atoms with Gasteiger partial charge in [-0.05, 0) is 0 Å². The summed E-state index contributed by atoms with van der Waals surface area (Å²) in [6.07, 6.45) is -4.63. The molecule has 3 atom stereocenters. The summed E-state index contributed by atoms with van der Waals surface area (Å²) in [5.74, 6) is 0. The Balaban J connectivity index is -0.000000135. The topological polar surface area (TPSA) is 98.0 Å². The van der Waals surface area contributed by atoms with Gasteiger partial charge in [0.05, 0.1) is 6.61 Å². The van der Waals surface area contributed by atoms with E-state index >= 15 is 0 Å². The van der Waals surface area contributed by atoms with Gasteiger partial charge in [-0.15, -0.1) is 0 Å². The van der Waals surface area contributed by atoms with Gasteiger partial charge in [-0.3, -0.25) is 0 Å². The minimum atomic E-state index is -1.64. The zero-order valence-electron chi connectivity index (χ0n) is 7.92. The molecule has 4 N–H and O–H groups in total. The quantitative estimate of drug-likeness (QED) is 0.272. The number of aliphatic hydroxyl groups is 4. The third kappa shape index (κ3) is 4.67. The minimum Gasteiger partial charge on any atom is -1.00 e. The maximum Gasteiger partial charge on any atom is 2.00 e. The summed E-state index contributed by atoms with van der Waals surface area (Å²) < 4.78 is 0. The minimum absolute atomic E-state index is 0. The largest absolute Gasteiger partial charge is 2.00 e. The van der Waals surface area contributed by atoms with Crippen molar-refractivity contribution < 1.29 is 28.1 Å². The van der Waals surface area contributed by atoms with Gasteiger partial charge in [-0.25, -0.2) is 0 Å². The van der Waals surface area contributed by atoms with Crippen LogP contribution in [0.5, 0.6) is 0 Å².